The third kappa shape index (κ3) is 3.53. The maximum Gasteiger partial charge on any atom is 0.246 e. The number of aryl methyl sites for hydroxylation is 1. The molecule has 17 heavy (non-hydrogen) atoms. The molecule has 0 unspecified atom stereocenters. The molecular weight excluding hydrogens is 221 g/mol. The zero-order chi connectivity index (χ0) is 12.1. The second-order valence-electron chi connectivity index (χ2n) is 4.16. The van der Waals surface area contributed by atoms with Crippen LogP contribution in [0.4, 0.5) is 4.39 Å². The van der Waals surface area contributed by atoms with E-state index in [-0.39, 0.29) is 11.7 Å². The van der Waals surface area contributed by atoms with Gasteiger partial charge in [-0.3, -0.25) is 9.63 Å². The van der Waals surface area contributed by atoms with Crippen LogP contribution in [-0.4, -0.2) is 24.1 Å². The number of halogens is 1. The summed E-state index contributed by atoms with van der Waals surface area (Å²) in [5.74, 6) is -0.242. The van der Waals surface area contributed by atoms with Crippen molar-refractivity contribution in [2.24, 2.45) is 0 Å². The van der Waals surface area contributed by atoms with E-state index in [1.54, 1.807) is 12.1 Å². The lowest BCUT2D eigenvalue weighted by Crippen LogP contribution is -2.35. The summed E-state index contributed by atoms with van der Waals surface area (Å²) >= 11 is 0. The van der Waals surface area contributed by atoms with Crippen molar-refractivity contribution in [1.29, 1.82) is 0 Å². The maximum absolute atomic E-state index is 12.7. The lowest BCUT2D eigenvalue weighted by atomic mass is 10.1. The Morgan fingerprint density at radius 1 is 1.29 bits per heavy atom. The molecule has 0 aliphatic carbocycles. The smallest absolute Gasteiger partial charge is 0.246 e. The molecule has 0 saturated carbocycles. The van der Waals surface area contributed by atoms with Gasteiger partial charge in [-0.05, 0) is 37.0 Å². The fourth-order valence-corrected chi connectivity index (χ4v) is 1.82. The first kappa shape index (κ1) is 12.0. The zero-order valence-electron chi connectivity index (χ0n) is 9.69. The van der Waals surface area contributed by atoms with Crippen LogP contribution >= 0.6 is 0 Å². The lowest BCUT2D eigenvalue weighted by Gasteiger charge is -2.25. The average molecular weight is 237 g/mol. The van der Waals surface area contributed by atoms with Gasteiger partial charge < -0.3 is 0 Å². The van der Waals surface area contributed by atoms with E-state index in [1.165, 1.54) is 17.2 Å². The highest BCUT2D eigenvalue weighted by Crippen LogP contribution is 2.10. The Balaban J connectivity index is 1.81. The summed E-state index contributed by atoms with van der Waals surface area (Å²) < 4.78 is 12.7. The van der Waals surface area contributed by atoms with E-state index < -0.39 is 0 Å². The van der Waals surface area contributed by atoms with Crippen LogP contribution in [0.2, 0.25) is 0 Å². The quantitative estimate of drug-likeness (QED) is 0.807. The standard InChI is InChI=1S/C13H16FNO2/c14-12-6-3-11(4-7-12)5-8-13(16)15-9-1-2-10-17-15/h3-4,6-7H,1-2,5,8-10H2. The Morgan fingerprint density at radius 3 is 2.71 bits per heavy atom. The Labute approximate surface area is 100 Å². The van der Waals surface area contributed by atoms with Gasteiger partial charge in [-0.25, -0.2) is 9.45 Å². The molecule has 0 bridgehead atoms. The van der Waals surface area contributed by atoms with Crippen molar-refractivity contribution in [3.05, 3.63) is 35.6 Å². The van der Waals surface area contributed by atoms with Gasteiger partial charge in [-0.2, -0.15) is 0 Å². The summed E-state index contributed by atoms with van der Waals surface area (Å²) in [7, 11) is 0. The van der Waals surface area contributed by atoms with Gasteiger partial charge in [0.25, 0.3) is 0 Å². The van der Waals surface area contributed by atoms with Crippen LogP contribution in [0.1, 0.15) is 24.8 Å². The Morgan fingerprint density at radius 2 is 2.06 bits per heavy atom. The molecule has 1 amide bonds. The highest BCUT2D eigenvalue weighted by molar-refractivity contribution is 5.75. The fraction of sp³-hybridized carbons (Fsp3) is 0.462. The fourth-order valence-electron chi connectivity index (χ4n) is 1.82. The Kier molecular flexibility index (Phi) is 4.09. The highest BCUT2D eigenvalue weighted by Gasteiger charge is 2.17. The highest BCUT2D eigenvalue weighted by atomic mass is 19.1. The minimum absolute atomic E-state index is 0.00836. The van der Waals surface area contributed by atoms with Gasteiger partial charge in [0.1, 0.15) is 5.82 Å². The molecule has 2 rings (SSSR count). The molecule has 1 heterocycles. The molecular formula is C13H16FNO2. The summed E-state index contributed by atoms with van der Waals surface area (Å²) in [5.41, 5.74) is 0.969. The molecule has 1 aromatic rings. The first-order valence-electron chi connectivity index (χ1n) is 5.93. The first-order valence-corrected chi connectivity index (χ1v) is 5.93. The molecule has 0 radical (unpaired) electrons. The van der Waals surface area contributed by atoms with Crippen LogP contribution in [0.3, 0.4) is 0 Å². The van der Waals surface area contributed by atoms with Crippen LogP contribution < -0.4 is 0 Å². The molecule has 4 heteroatoms. The van der Waals surface area contributed by atoms with Crippen molar-refractivity contribution in [2.75, 3.05) is 13.2 Å². The molecule has 1 fully saturated rings. The number of benzene rings is 1. The van der Waals surface area contributed by atoms with Gasteiger partial charge in [0.2, 0.25) is 5.91 Å². The van der Waals surface area contributed by atoms with E-state index >= 15 is 0 Å². The molecule has 0 atom stereocenters. The van der Waals surface area contributed by atoms with E-state index in [2.05, 4.69) is 0 Å². The normalized spacial score (nSPS) is 15.9. The summed E-state index contributed by atoms with van der Waals surface area (Å²) in [5, 5.41) is 1.45. The number of carbonyl (C=O) groups excluding carboxylic acids is 1. The number of hydrogen-bond donors (Lipinski definition) is 0. The average Bonchev–Trinajstić information content (AvgIpc) is 2.39. The molecule has 0 N–H and O–H groups in total. The van der Waals surface area contributed by atoms with Crippen LogP contribution in [0, 0.1) is 5.82 Å². The minimum Gasteiger partial charge on any atom is -0.273 e. The minimum atomic E-state index is -0.251. The molecule has 3 nitrogen and oxygen atoms in total. The molecule has 0 spiro atoms. The van der Waals surface area contributed by atoms with E-state index in [1.807, 2.05) is 0 Å². The van der Waals surface area contributed by atoms with Gasteiger partial charge in [0.15, 0.2) is 0 Å². The van der Waals surface area contributed by atoms with E-state index in [0.717, 1.165) is 18.4 Å². The van der Waals surface area contributed by atoms with E-state index in [9.17, 15) is 9.18 Å². The summed E-state index contributed by atoms with van der Waals surface area (Å²) in [6.45, 7) is 1.31. The van der Waals surface area contributed by atoms with Crippen molar-refractivity contribution >= 4 is 5.91 Å². The number of hydroxylamine groups is 2. The number of carbonyl (C=O) groups is 1. The topological polar surface area (TPSA) is 29.5 Å². The summed E-state index contributed by atoms with van der Waals surface area (Å²) in [6, 6.07) is 6.24. The van der Waals surface area contributed by atoms with Crippen LogP contribution in [0.5, 0.6) is 0 Å². The second-order valence-corrected chi connectivity index (χ2v) is 4.16. The number of hydrogen-bond acceptors (Lipinski definition) is 2. The largest absolute Gasteiger partial charge is 0.273 e. The second kappa shape index (κ2) is 5.77. The predicted molar refractivity (Wildman–Crippen MR) is 61.6 cm³/mol. The molecule has 1 saturated heterocycles. The van der Waals surface area contributed by atoms with Gasteiger partial charge in [0.05, 0.1) is 6.61 Å². The number of amides is 1. The Hall–Kier alpha value is -1.42. The van der Waals surface area contributed by atoms with Gasteiger partial charge >= 0.3 is 0 Å². The molecule has 1 aromatic carbocycles. The molecule has 1 aliphatic heterocycles. The summed E-state index contributed by atoms with van der Waals surface area (Å²) in [6.07, 6.45) is 3.05. The van der Waals surface area contributed by atoms with Gasteiger partial charge in [-0.15, -0.1) is 0 Å². The van der Waals surface area contributed by atoms with Crippen LogP contribution in [0.25, 0.3) is 0 Å². The monoisotopic (exact) mass is 237 g/mol. The van der Waals surface area contributed by atoms with E-state index in [0.29, 0.717) is 26.0 Å². The third-order valence-electron chi connectivity index (χ3n) is 2.82. The SMILES string of the molecule is O=C(CCc1ccc(F)cc1)N1CCCCO1. The predicted octanol–water partition coefficient (Wildman–Crippen LogP) is 2.31. The Bertz CT molecular complexity index is 372. The van der Waals surface area contributed by atoms with Crippen molar-refractivity contribution in [1.82, 2.24) is 5.06 Å². The number of nitrogens with zero attached hydrogens (tertiary/aromatic N) is 1. The molecule has 0 aromatic heterocycles. The van der Waals surface area contributed by atoms with Crippen molar-refractivity contribution in [3.63, 3.8) is 0 Å². The van der Waals surface area contributed by atoms with Crippen LogP contribution in [-0.2, 0) is 16.1 Å². The van der Waals surface area contributed by atoms with Crippen molar-refractivity contribution in [2.45, 2.75) is 25.7 Å². The van der Waals surface area contributed by atoms with Gasteiger partial charge in [-0.1, -0.05) is 12.1 Å². The van der Waals surface area contributed by atoms with Crippen LogP contribution in [0.15, 0.2) is 24.3 Å². The van der Waals surface area contributed by atoms with E-state index in [4.69, 9.17) is 4.84 Å². The van der Waals surface area contributed by atoms with Gasteiger partial charge in [0, 0.05) is 13.0 Å². The maximum atomic E-state index is 12.7. The zero-order valence-corrected chi connectivity index (χ0v) is 9.69. The summed E-state index contributed by atoms with van der Waals surface area (Å²) in [4.78, 5) is 17.0. The first-order chi connectivity index (χ1) is 8.25. The van der Waals surface area contributed by atoms with Crippen molar-refractivity contribution < 1.29 is 14.0 Å². The molecule has 1 aliphatic rings. The lowest BCUT2D eigenvalue weighted by molar-refractivity contribution is -0.197. The van der Waals surface area contributed by atoms with Crippen molar-refractivity contribution in [3.8, 4) is 0 Å². The third-order valence-corrected chi connectivity index (χ3v) is 2.82. The number of rotatable bonds is 3. The molecule has 92 valence electrons.